The number of carbonyl (C=O) groups excluding carboxylic acids is 1. The van der Waals surface area contributed by atoms with Gasteiger partial charge in [0.15, 0.2) is 5.82 Å². The van der Waals surface area contributed by atoms with E-state index in [2.05, 4.69) is 34.6 Å². The van der Waals surface area contributed by atoms with Gasteiger partial charge in [-0.1, -0.05) is 26.0 Å². The van der Waals surface area contributed by atoms with Gasteiger partial charge in [-0.15, -0.1) is 4.91 Å². The fourth-order valence-corrected chi connectivity index (χ4v) is 3.69. The molecular weight excluding hydrogens is 446 g/mol. The molecule has 0 saturated heterocycles. The summed E-state index contributed by atoms with van der Waals surface area (Å²) >= 11 is 0. The summed E-state index contributed by atoms with van der Waals surface area (Å²) in [5.41, 5.74) is 0.814. The van der Waals surface area contributed by atoms with Crippen molar-refractivity contribution in [2.75, 3.05) is 19.0 Å². The van der Waals surface area contributed by atoms with Gasteiger partial charge in [0.1, 0.15) is 22.9 Å². The Morgan fingerprint density at radius 2 is 1.86 bits per heavy atom. The minimum atomic E-state index is -0.585. The number of hydrogen-bond acceptors (Lipinski definition) is 8. The number of anilines is 1. The predicted molar refractivity (Wildman–Crippen MR) is 138 cm³/mol. The molecule has 2 aromatic carbocycles. The SMILES string of the molecule is COc1ccc(N=O)c(-c2nc(NCC(CC(C)C)NC(=O)OC(C)(C)C)c3ccccc3n2)c1. The van der Waals surface area contributed by atoms with Gasteiger partial charge in [-0.25, -0.2) is 14.8 Å². The molecule has 0 saturated carbocycles. The van der Waals surface area contributed by atoms with Crippen LogP contribution in [0.4, 0.5) is 16.3 Å². The number of rotatable bonds is 9. The normalized spacial score (nSPS) is 12.3. The molecule has 9 nitrogen and oxygen atoms in total. The summed E-state index contributed by atoms with van der Waals surface area (Å²) in [4.78, 5) is 33.2. The average molecular weight is 480 g/mol. The number of alkyl carbamates (subject to hydrolysis) is 1. The van der Waals surface area contributed by atoms with Crippen molar-refractivity contribution in [3.63, 3.8) is 0 Å². The zero-order valence-corrected chi connectivity index (χ0v) is 21.1. The Hall–Kier alpha value is -3.75. The average Bonchev–Trinajstić information content (AvgIpc) is 2.80. The molecule has 0 aliphatic carbocycles. The third-order valence-corrected chi connectivity index (χ3v) is 5.14. The van der Waals surface area contributed by atoms with E-state index >= 15 is 0 Å². The molecular formula is C26H33N5O4. The van der Waals surface area contributed by atoms with Crippen LogP contribution >= 0.6 is 0 Å². The van der Waals surface area contributed by atoms with Gasteiger partial charge in [-0.3, -0.25) is 0 Å². The summed E-state index contributed by atoms with van der Waals surface area (Å²) in [6, 6.07) is 12.3. The van der Waals surface area contributed by atoms with Crippen molar-refractivity contribution in [3.8, 4) is 17.1 Å². The van der Waals surface area contributed by atoms with E-state index in [1.165, 1.54) is 0 Å². The lowest BCUT2D eigenvalue weighted by Crippen LogP contribution is -2.43. The van der Waals surface area contributed by atoms with E-state index in [-0.39, 0.29) is 11.7 Å². The summed E-state index contributed by atoms with van der Waals surface area (Å²) < 4.78 is 10.8. The number of fused-ring (bicyclic) bond motifs is 1. The molecule has 1 aromatic heterocycles. The molecule has 35 heavy (non-hydrogen) atoms. The second-order valence-electron chi connectivity index (χ2n) is 9.74. The van der Waals surface area contributed by atoms with E-state index < -0.39 is 11.7 Å². The summed E-state index contributed by atoms with van der Waals surface area (Å²) in [7, 11) is 1.55. The largest absolute Gasteiger partial charge is 0.497 e. The second kappa shape index (κ2) is 11.1. The Bertz CT molecular complexity index is 1190. The lowest BCUT2D eigenvalue weighted by Gasteiger charge is -2.25. The summed E-state index contributed by atoms with van der Waals surface area (Å²) in [5.74, 6) is 1.86. The third kappa shape index (κ3) is 7.11. The number of nitrogens with one attached hydrogen (secondary N) is 2. The number of carbonyl (C=O) groups is 1. The van der Waals surface area contributed by atoms with Gasteiger partial charge in [-0.05, 0) is 68.6 Å². The molecule has 2 N–H and O–H groups in total. The van der Waals surface area contributed by atoms with Crippen molar-refractivity contribution in [3.05, 3.63) is 47.4 Å². The zero-order valence-electron chi connectivity index (χ0n) is 21.1. The highest BCUT2D eigenvalue weighted by molar-refractivity contribution is 5.91. The first-order valence-electron chi connectivity index (χ1n) is 11.6. The highest BCUT2D eigenvalue weighted by Crippen LogP contribution is 2.34. The highest BCUT2D eigenvalue weighted by Gasteiger charge is 2.21. The number of amides is 1. The minimum Gasteiger partial charge on any atom is -0.497 e. The lowest BCUT2D eigenvalue weighted by atomic mass is 10.0. The second-order valence-corrected chi connectivity index (χ2v) is 9.74. The van der Waals surface area contributed by atoms with E-state index in [9.17, 15) is 9.70 Å². The van der Waals surface area contributed by atoms with E-state index in [0.717, 1.165) is 11.8 Å². The molecule has 1 heterocycles. The number of hydrogen-bond donors (Lipinski definition) is 2. The molecule has 0 aliphatic rings. The van der Waals surface area contributed by atoms with Gasteiger partial charge >= 0.3 is 6.09 Å². The standard InChI is InChI=1S/C26H33N5O4/c1-16(2)13-17(28-25(32)35-26(3,4)5)15-27-23-19-9-7-8-10-21(19)29-24(30-23)20-14-18(34-6)11-12-22(20)31-33/h7-12,14,16-17H,13,15H2,1-6H3,(H,28,32)(H,27,29,30). The van der Waals surface area contributed by atoms with Crippen LogP contribution in [0.25, 0.3) is 22.3 Å². The fourth-order valence-electron chi connectivity index (χ4n) is 3.69. The maximum Gasteiger partial charge on any atom is 0.407 e. The number of nitroso groups, excluding NO2 is 1. The Kier molecular flexibility index (Phi) is 8.22. The molecule has 9 heteroatoms. The predicted octanol–water partition coefficient (Wildman–Crippen LogP) is 6.05. The Balaban J connectivity index is 1.94. The molecule has 3 aromatic rings. The third-order valence-electron chi connectivity index (χ3n) is 5.14. The molecule has 1 amide bonds. The van der Waals surface area contributed by atoms with Gasteiger partial charge < -0.3 is 20.1 Å². The van der Waals surface area contributed by atoms with Crippen LogP contribution in [0.2, 0.25) is 0 Å². The van der Waals surface area contributed by atoms with Crippen LogP contribution < -0.4 is 15.4 Å². The van der Waals surface area contributed by atoms with Crippen LogP contribution in [0.3, 0.4) is 0 Å². The van der Waals surface area contributed by atoms with Crippen LogP contribution in [-0.2, 0) is 4.74 Å². The Morgan fingerprint density at radius 1 is 1.11 bits per heavy atom. The topological polar surface area (TPSA) is 115 Å². The number of para-hydroxylation sites is 1. The first-order valence-corrected chi connectivity index (χ1v) is 11.6. The van der Waals surface area contributed by atoms with Gasteiger partial charge in [-0.2, -0.15) is 0 Å². The van der Waals surface area contributed by atoms with Gasteiger partial charge in [0, 0.05) is 18.0 Å². The molecule has 0 spiro atoms. The molecule has 186 valence electrons. The molecule has 0 bridgehead atoms. The van der Waals surface area contributed by atoms with Crippen LogP contribution in [-0.4, -0.2) is 41.4 Å². The van der Waals surface area contributed by atoms with Crippen molar-refractivity contribution in [2.24, 2.45) is 11.1 Å². The molecule has 0 fully saturated rings. The van der Waals surface area contributed by atoms with Crippen molar-refractivity contribution in [1.82, 2.24) is 15.3 Å². The van der Waals surface area contributed by atoms with Crippen molar-refractivity contribution in [1.29, 1.82) is 0 Å². The lowest BCUT2D eigenvalue weighted by molar-refractivity contribution is 0.0502. The zero-order chi connectivity index (χ0) is 25.6. The maximum atomic E-state index is 12.4. The number of methoxy groups -OCH3 is 1. The summed E-state index contributed by atoms with van der Waals surface area (Å²) in [6.45, 7) is 10.1. The highest BCUT2D eigenvalue weighted by atomic mass is 16.6. The maximum absolute atomic E-state index is 12.4. The fraction of sp³-hybridized carbons (Fsp3) is 0.423. The van der Waals surface area contributed by atoms with Crippen LogP contribution in [0.1, 0.15) is 41.0 Å². The first-order chi connectivity index (χ1) is 16.6. The van der Waals surface area contributed by atoms with Crippen molar-refractivity contribution in [2.45, 2.75) is 52.7 Å². The summed E-state index contributed by atoms with van der Waals surface area (Å²) in [5, 5.41) is 10.3. The quantitative estimate of drug-likeness (QED) is 0.359. The molecule has 0 radical (unpaired) electrons. The Labute approximate surface area is 205 Å². The van der Waals surface area contributed by atoms with Crippen LogP contribution in [0.5, 0.6) is 5.75 Å². The number of nitrogens with zero attached hydrogens (tertiary/aromatic N) is 3. The molecule has 3 rings (SSSR count). The summed E-state index contributed by atoms with van der Waals surface area (Å²) in [6.07, 6.45) is 0.285. The van der Waals surface area contributed by atoms with Crippen LogP contribution in [0.15, 0.2) is 47.6 Å². The van der Waals surface area contributed by atoms with Crippen LogP contribution in [0, 0.1) is 10.8 Å². The van der Waals surface area contributed by atoms with Gasteiger partial charge in [0.2, 0.25) is 0 Å². The molecule has 1 atom stereocenters. The van der Waals surface area contributed by atoms with E-state index in [1.54, 1.807) is 25.3 Å². The first kappa shape index (κ1) is 25.9. The van der Waals surface area contributed by atoms with Gasteiger partial charge in [0.25, 0.3) is 0 Å². The van der Waals surface area contributed by atoms with Crippen molar-refractivity contribution >= 4 is 28.5 Å². The minimum absolute atomic E-state index is 0.189. The Morgan fingerprint density at radius 3 is 2.51 bits per heavy atom. The smallest absolute Gasteiger partial charge is 0.407 e. The van der Waals surface area contributed by atoms with E-state index in [4.69, 9.17) is 14.5 Å². The number of benzene rings is 2. The molecule has 1 unspecified atom stereocenters. The van der Waals surface area contributed by atoms with Crippen molar-refractivity contribution < 1.29 is 14.3 Å². The van der Waals surface area contributed by atoms with E-state index in [1.807, 2.05) is 45.0 Å². The van der Waals surface area contributed by atoms with Gasteiger partial charge in [0.05, 0.1) is 18.2 Å². The number of ether oxygens (including phenoxy) is 2. The monoisotopic (exact) mass is 479 g/mol. The number of aromatic nitrogens is 2. The molecule has 0 aliphatic heterocycles. The van der Waals surface area contributed by atoms with E-state index in [0.29, 0.717) is 40.9 Å².